The van der Waals surface area contributed by atoms with Gasteiger partial charge in [-0.25, -0.2) is 0 Å². The van der Waals surface area contributed by atoms with Crippen LogP contribution >= 0.6 is 0 Å². The van der Waals surface area contributed by atoms with Gasteiger partial charge in [0.2, 0.25) is 0 Å². The van der Waals surface area contributed by atoms with Crippen LogP contribution in [0.15, 0.2) is 78.0 Å². The molecule has 0 spiro atoms. The van der Waals surface area contributed by atoms with Gasteiger partial charge in [0.25, 0.3) is 0 Å². The van der Waals surface area contributed by atoms with Gasteiger partial charge in [0.15, 0.2) is 0 Å². The summed E-state index contributed by atoms with van der Waals surface area (Å²) in [5, 5.41) is 10.2. The summed E-state index contributed by atoms with van der Waals surface area (Å²) in [6.45, 7) is 8.18. The van der Waals surface area contributed by atoms with E-state index in [2.05, 4.69) is 49.9 Å². The molecule has 0 radical (unpaired) electrons. The van der Waals surface area contributed by atoms with Crippen molar-refractivity contribution in [2.24, 2.45) is 5.92 Å². The second kappa shape index (κ2) is 8.58. The topological polar surface area (TPSA) is 46.2 Å². The van der Waals surface area contributed by atoms with E-state index < -0.39 is 0 Å². The summed E-state index contributed by atoms with van der Waals surface area (Å²) in [5.74, 6) is 0.891. The van der Waals surface area contributed by atoms with Crippen LogP contribution in [0.25, 0.3) is 0 Å². The highest BCUT2D eigenvalue weighted by molar-refractivity contribution is 5.59. The molecule has 0 aliphatic heterocycles. The fourth-order valence-electron chi connectivity index (χ4n) is 4.38. The van der Waals surface area contributed by atoms with Crippen LogP contribution < -0.4 is 5.73 Å². The molecule has 142 valence electrons. The van der Waals surface area contributed by atoms with Crippen LogP contribution in [0, 0.1) is 5.92 Å². The minimum atomic E-state index is -0.211. The summed E-state index contributed by atoms with van der Waals surface area (Å²) >= 11 is 0. The van der Waals surface area contributed by atoms with Crippen LogP contribution in [0.4, 0.5) is 5.69 Å². The molecule has 2 aliphatic carbocycles. The van der Waals surface area contributed by atoms with Gasteiger partial charge in [0.05, 0.1) is 6.10 Å². The van der Waals surface area contributed by atoms with Crippen LogP contribution in [0.1, 0.15) is 50.2 Å². The van der Waals surface area contributed by atoms with E-state index in [1.165, 1.54) is 27.8 Å². The molecule has 1 aromatic rings. The molecule has 0 amide bonds. The highest BCUT2D eigenvalue weighted by atomic mass is 16.3. The van der Waals surface area contributed by atoms with Gasteiger partial charge in [-0.2, -0.15) is 0 Å². The molecule has 3 N–H and O–H groups in total. The van der Waals surface area contributed by atoms with Crippen molar-refractivity contribution in [2.75, 3.05) is 5.73 Å². The Kier molecular flexibility index (Phi) is 6.18. The van der Waals surface area contributed by atoms with E-state index in [1.807, 2.05) is 25.1 Å². The van der Waals surface area contributed by atoms with E-state index in [0.717, 1.165) is 31.4 Å². The summed E-state index contributed by atoms with van der Waals surface area (Å²) in [6.07, 6.45) is 16.1. The zero-order valence-electron chi connectivity index (χ0n) is 16.5. The highest BCUT2D eigenvalue weighted by Crippen LogP contribution is 2.39. The van der Waals surface area contributed by atoms with Crippen molar-refractivity contribution in [1.82, 2.24) is 0 Å². The minimum Gasteiger partial charge on any atom is -0.398 e. The molecule has 1 fully saturated rings. The molecule has 0 aromatic heterocycles. The van der Waals surface area contributed by atoms with Crippen molar-refractivity contribution in [2.45, 2.75) is 51.6 Å². The Hall–Kier alpha value is -2.32. The minimum absolute atomic E-state index is 0.211. The van der Waals surface area contributed by atoms with Gasteiger partial charge in [0, 0.05) is 5.69 Å². The van der Waals surface area contributed by atoms with Gasteiger partial charge in [0.1, 0.15) is 0 Å². The van der Waals surface area contributed by atoms with Gasteiger partial charge >= 0.3 is 0 Å². The number of nitrogen functional groups attached to an aromatic ring is 1. The Labute approximate surface area is 163 Å². The third-order valence-corrected chi connectivity index (χ3v) is 5.62. The first-order valence-electron chi connectivity index (χ1n) is 9.94. The highest BCUT2D eigenvalue weighted by Gasteiger charge is 2.27. The normalized spacial score (nSPS) is 27.1. The number of allylic oxidation sites excluding steroid dienone is 9. The number of aliphatic hydroxyl groups excluding tert-OH is 1. The largest absolute Gasteiger partial charge is 0.398 e. The van der Waals surface area contributed by atoms with E-state index >= 15 is 0 Å². The number of hydrogen-bond donors (Lipinski definition) is 2. The van der Waals surface area contributed by atoms with Crippen molar-refractivity contribution in [1.29, 1.82) is 0 Å². The second-order valence-corrected chi connectivity index (χ2v) is 7.97. The average Bonchev–Trinajstić information content (AvgIpc) is 3.02. The first-order valence-corrected chi connectivity index (χ1v) is 9.94. The van der Waals surface area contributed by atoms with Gasteiger partial charge in [-0.1, -0.05) is 62.1 Å². The lowest BCUT2D eigenvalue weighted by Gasteiger charge is -2.31. The maximum absolute atomic E-state index is 10.2. The molecular formula is C25H31NO. The molecule has 3 atom stereocenters. The predicted molar refractivity (Wildman–Crippen MR) is 116 cm³/mol. The lowest BCUT2D eigenvalue weighted by Crippen LogP contribution is -2.24. The van der Waals surface area contributed by atoms with E-state index in [1.54, 1.807) is 0 Å². The van der Waals surface area contributed by atoms with Crippen molar-refractivity contribution >= 4 is 5.69 Å². The van der Waals surface area contributed by atoms with Crippen molar-refractivity contribution in [3.05, 3.63) is 89.1 Å². The zero-order valence-corrected chi connectivity index (χ0v) is 16.5. The predicted octanol–water partition coefficient (Wildman–Crippen LogP) is 5.63. The van der Waals surface area contributed by atoms with Crippen LogP contribution in [0.2, 0.25) is 0 Å². The second-order valence-electron chi connectivity index (χ2n) is 7.97. The van der Waals surface area contributed by atoms with E-state index in [0.29, 0.717) is 11.8 Å². The fourth-order valence-corrected chi connectivity index (χ4v) is 4.38. The maximum Gasteiger partial charge on any atom is 0.0548 e. The quantitative estimate of drug-likeness (QED) is 0.668. The summed E-state index contributed by atoms with van der Waals surface area (Å²) in [6, 6.07) is 6.40. The molecule has 3 unspecified atom stereocenters. The fraction of sp³-hybridized carbons (Fsp3) is 0.360. The smallest absolute Gasteiger partial charge is 0.0548 e. The number of hydrogen-bond acceptors (Lipinski definition) is 2. The molecule has 0 bridgehead atoms. The molecule has 27 heavy (non-hydrogen) atoms. The third kappa shape index (κ3) is 4.70. The maximum atomic E-state index is 10.2. The number of anilines is 1. The summed E-state index contributed by atoms with van der Waals surface area (Å²) in [5.41, 5.74) is 13.3. The van der Waals surface area contributed by atoms with Crippen molar-refractivity contribution < 1.29 is 5.11 Å². The van der Waals surface area contributed by atoms with Crippen molar-refractivity contribution in [3.63, 3.8) is 0 Å². The van der Waals surface area contributed by atoms with Gasteiger partial charge < -0.3 is 10.8 Å². The standard InChI is InChI=1S/C25H31NO/c1-4-6-7-21-14-19(13-20(21)5-2)12-18-8-9-25(26)24(15-18)22-10-17(3)11-23(27)16-22/h4-9,13-15,17,22-23,27H,2,10-12,16,26H2,1,3H3/b6-4-,21-7-. The average molecular weight is 362 g/mol. The Morgan fingerprint density at radius 3 is 2.74 bits per heavy atom. The lowest BCUT2D eigenvalue weighted by atomic mass is 9.76. The van der Waals surface area contributed by atoms with Crippen molar-refractivity contribution in [3.8, 4) is 0 Å². The summed E-state index contributed by atoms with van der Waals surface area (Å²) < 4.78 is 0. The molecule has 0 heterocycles. The Morgan fingerprint density at radius 1 is 1.22 bits per heavy atom. The van der Waals surface area contributed by atoms with E-state index in [9.17, 15) is 5.11 Å². The Balaban J connectivity index is 1.83. The van der Waals surface area contributed by atoms with Gasteiger partial charge in [-0.05, 0) is 78.4 Å². The van der Waals surface area contributed by atoms with E-state index in [4.69, 9.17) is 5.73 Å². The van der Waals surface area contributed by atoms with Gasteiger partial charge in [-0.15, -0.1) is 0 Å². The monoisotopic (exact) mass is 361 g/mol. The van der Waals surface area contributed by atoms with Gasteiger partial charge in [-0.3, -0.25) is 0 Å². The number of benzene rings is 1. The molecule has 1 saturated carbocycles. The third-order valence-electron chi connectivity index (χ3n) is 5.62. The SMILES string of the molecule is C=CC1=CC(Cc2ccc(N)c(C3CC(C)CC(O)C3)c2)=C/C1=C/C=C\C. The molecule has 3 rings (SSSR count). The first kappa shape index (κ1) is 19.4. The van der Waals surface area contributed by atoms with Crippen LogP contribution in [0.3, 0.4) is 0 Å². The summed E-state index contributed by atoms with van der Waals surface area (Å²) in [7, 11) is 0. The van der Waals surface area contributed by atoms with Crippen LogP contribution in [0.5, 0.6) is 0 Å². The van der Waals surface area contributed by atoms with E-state index in [-0.39, 0.29) is 6.10 Å². The first-order chi connectivity index (χ1) is 13.0. The Bertz CT molecular complexity index is 815. The number of nitrogens with two attached hydrogens (primary N) is 1. The lowest BCUT2D eigenvalue weighted by molar-refractivity contribution is 0.0947. The number of aliphatic hydroxyl groups is 1. The molecule has 1 aromatic carbocycles. The molecule has 2 heteroatoms. The van der Waals surface area contributed by atoms with Crippen LogP contribution in [-0.2, 0) is 6.42 Å². The summed E-state index contributed by atoms with van der Waals surface area (Å²) in [4.78, 5) is 0. The molecular weight excluding hydrogens is 330 g/mol. The Morgan fingerprint density at radius 2 is 2.04 bits per heavy atom. The molecule has 2 nitrogen and oxygen atoms in total. The van der Waals surface area contributed by atoms with Crippen LogP contribution in [-0.4, -0.2) is 11.2 Å². The molecule has 2 aliphatic rings. The molecule has 0 saturated heterocycles. The number of rotatable bonds is 5. The zero-order chi connectivity index (χ0) is 19.4.